The van der Waals surface area contributed by atoms with E-state index < -0.39 is 29.8 Å². The van der Waals surface area contributed by atoms with Crippen molar-refractivity contribution in [2.75, 3.05) is 13.1 Å². The van der Waals surface area contributed by atoms with Gasteiger partial charge in [-0.1, -0.05) is 0 Å². The lowest BCUT2D eigenvalue weighted by Gasteiger charge is -2.25. The molecular formula is C19H20F5N3O3. The van der Waals surface area contributed by atoms with Gasteiger partial charge in [-0.15, -0.1) is 0 Å². The molecule has 1 aliphatic carbocycles. The first kappa shape index (κ1) is 22.1. The van der Waals surface area contributed by atoms with Gasteiger partial charge in [0.1, 0.15) is 11.6 Å². The summed E-state index contributed by atoms with van der Waals surface area (Å²) in [6, 6.07) is 3.02. The molecule has 3 unspecified atom stereocenters. The topological polar surface area (TPSA) is 82.0 Å². The van der Waals surface area contributed by atoms with Crippen LogP contribution in [-0.4, -0.2) is 47.5 Å². The maximum Gasteiger partial charge on any atom is 0.490 e. The number of aliphatic carboxylic acids is 1. The van der Waals surface area contributed by atoms with Crippen molar-refractivity contribution in [3.63, 3.8) is 0 Å². The van der Waals surface area contributed by atoms with E-state index >= 15 is 0 Å². The Hall–Kier alpha value is -2.56. The predicted molar refractivity (Wildman–Crippen MR) is 95.3 cm³/mol. The lowest BCUT2D eigenvalue weighted by atomic mass is 10.0. The molecule has 1 aromatic rings. The summed E-state index contributed by atoms with van der Waals surface area (Å²) in [7, 11) is 0. The number of hydrazone groups is 1. The molecule has 164 valence electrons. The number of carboxylic acid groups (broad SMARTS) is 1. The highest BCUT2D eigenvalue weighted by Crippen LogP contribution is 2.41. The third kappa shape index (κ3) is 4.94. The number of fused-ring (bicyclic) bond motifs is 1. The van der Waals surface area contributed by atoms with E-state index in [2.05, 4.69) is 10.4 Å². The number of halogens is 5. The standard InChI is InChI=1S/C17H19F2N3O.C2HF3O2/c18-14-5-10(6-15(19)7-14)16-1-2-21-22(16)17(23)11-3-12-8-20-9-13(12)4-11;3-2(4,5)1(6)7/h2,5-7,11-13,16,20H,1,3-4,8-9H2;(H,6,7). The van der Waals surface area contributed by atoms with Gasteiger partial charge in [-0.2, -0.15) is 18.3 Å². The summed E-state index contributed by atoms with van der Waals surface area (Å²) in [6.07, 6.45) is -1.17. The molecule has 11 heteroatoms. The molecule has 2 N–H and O–H groups in total. The van der Waals surface area contributed by atoms with E-state index in [1.54, 1.807) is 6.21 Å². The van der Waals surface area contributed by atoms with Gasteiger partial charge in [-0.3, -0.25) is 4.79 Å². The van der Waals surface area contributed by atoms with Gasteiger partial charge in [0.25, 0.3) is 0 Å². The number of hydrogen-bond acceptors (Lipinski definition) is 4. The zero-order chi connectivity index (χ0) is 22.1. The Morgan fingerprint density at radius 3 is 2.10 bits per heavy atom. The Balaban J connectivity index is 0.000000318. The van der Waals surface area contributed by atoms with Gasteiger partial charge in [0, 0.05) is 24.6 Å². The van der Waals surface area contributed by atoms with Crippen LogP contribution in [0, 0.1) is 29.4 Å². The van der Waals surface area contributed by atoms with Crippen LogP contribution in [0.4, 0.5) is 22.0 Å². The highest BCUT2D eigenvalue weighted by Gasteiger charge is 2.43. The molecule has 0 radical (unpaired) electrons. The highest BCUT2D eigenvalue weighted by atomic mass is 19.4. The van der Waals surface area contributed by atoms with Crippen molar-refractivity contribution in [1.29, 1.82) is 0 Å². The number of rotatable bonds is 2. The molecule has 3 atom stereocenters. The third-order valence-corrected chi connectivity index (χ3v) is 5.57. The van der Waals surface area contributed by atoms with Crippen molar-refractivity contribution in [2.45, 2.75) is 31.5 Å². The smallest absolute Gasteiger partial charge is 0.475 e. The number of carbonyl (C=O) groups is 2. The molecule has 0 bridgehead atoms. The minimum atomic E-state index is -5.08. The first-order valence-corrected chi connectivity index (χ1v) is 9.38. The molecule has 30 heavy (non-hydrogen) atoms. The monoisotopic (exact) mass is 433 g/mol. The van der Waals surface area contributed by atoms with E-state index in [0.29, 0.717) is 23.8 Å². The minimum absolute atomic E-state index is 0.0113. The Morgan fingerprint density at radius 2 is 1.60 bits per heavy atom. The summed E-state index contributed by atoms with van der Waals surface area (Å²) in [5.74, 6) is -2.90. The average molecular weight is 433 g/mol. The Kier molecular flexibility index (Phi) is 6.39. The second kappa shape index (κ2) is 8.66. The van der Waals surface area contributed by atoms with Crippen LogP contribution in [-0.2, 0) is 9.59 Å². The molecule has 1 aromatic carbocycles. The number of carbonyl (C=O) groups excluding carboxylic acids is 1. The number of carboxylic acids is 1. The number of hydrogen-bond donors (Lipinski definition) is 2. The molecule has 2 aliphatic heterocycles. The fraction of sp³-hybridized carbons (Fsp3) is 0.526. The SMILES string of the molecule is O=C(C1CC2CNCC2C1)N1N=CCC1c1cc(F)cc(F)c1.O=C(O)C(F)(F)F. The van der Waals surface area contributed by atoms with Gasteiger partial charge >= 0.3 is 12.1 Å². The first-order valence-electron chi connectivity index (χ1n) is 9.38. The molecule has 1 saturated carbocycles. The van der Waals surface area contributed by atoms with Crippen LogP contribution in [0.3, 0.4) is 0 Å². The van der Waals surface area contributed by atoms with E-state index in [1.807, 2.05) is 0 Å². The van der Waals surface area contributed by atoms with Crippen molar-refractivity contribution < 1.29 is 36.6 Å². The van der Waals surface area contributed by atoms with Gasteiger partial charge in [0.2, 0.25) is 5.91 Å². The van der Waals surface area contributed by atoms with E-state index in [-0.39, 0.29) is 11.8 Å². The molecule has 1 saturated heterocycles. The Labute approximate surface area is 168 Å². The number of nitrogens with zero attached hydrogens (tertiary/aromatic N) is 2. The van der Waals surface area contributed by atoms with Crippen LogP contribution in [0.1, 0.15) is 30.9 Å². The van der Waals surface area contributed by atoms with Crippen LogP contribution in [0.15, 0.2) is 23.3 Å². The second-order valence-electron chi connectivity index (χ2n) is 7.58. The van der Waals surface area contributed by atoms with Crippen molar-refractivity contribution in [2.24, 2.45) is 22.9 Å². The van der Waals surface area contributed by atoms with Crippen molar-refractivity contribution in [1.82, 2.24) is 10.3 Å². The Bertz CT molecular complexity index is 813. The maximum atomic E-state index is 13.5. The third-order valence-electron chi connectivity index (χ3n) is 5.57. The van der Waals surface area contributed by atoms with Crippen molar-refractivity contribution in [3.05, 3.63) is 35.4 Å². The fourth-order valence-electron chi connectivity index (χ4n) is 4.23. The highest BCUT2D eigenvalue weighted by molar-refractivity contribution is 5.82. The van der Waals surface area contributed by atoms with E-state index in [4.69, 9.17) is 9.90 Å². The summed E-state index contributed by atoms with van der Waals surface area (Å²) < 4.78 is 58.7. The molecule has 0 aromatic heterocycles. The number of alkyl halides is 3. The predicted octanol–water partition coefficient (Wildman–Crippen LogP) is 3.10. The number of nitrogens with one attached hydrogen (secondary N) is 1. The lowest BCUT2D eigenvalue weighted by molar-refractivity contribution is -0.192. The van der Waals surface area contributed by atoms with Crippen LogP contribution >= 0.6 is 0 Å². The zero-order valence-corrected chi connectivity index (χ0v) is 15.7. The molecule has 6 nitrogen and oxygen atoms in total. The van der Waals surface area contributed by atoms with E-state index in [9.17, 15) is 26.7 Å². The summed E-state index contributed by atoms with van der Waals surface area (Å²) in [5, 5.41) is 16.1. The van der Waals surface area contributed by atoms with Gasteiger partial charge in [0.15, 0.2) is 0 Å². The van der Waals surface area contributed by atoms with Gasteiger partial charge < -0.3 is 10.4 Å². The summed E-state index contributed by atoms with van der Waals surface area (Å²) in [6.45, 7) is 1.96. The minimum Gasteiger partial charge on any atom is -0.475 e. The molecule has 3 aliphatic rings. The van der Waals surface area contributed by atoms with Crippen molar-refractivity contribution in [3.8, 4) is 0 Å². The van der Waals surface area contributed by atoms with Crippen LogP contribution in [0.25, 0.3) is 0 Å². The first-order chi connectivity index (χ1) is 14.1. The van der Waals surface area contributed by atoms with Crippen molar-refractivity contribution >= 4 is 18.1 Å². The maximum absolute atomic E-state index is 13.5. The van der Waals surface area contributed by atoms with E-state index in [1.165, 1.54) is 17.1 Å². The number of amides is 1. The lowest BCUT2D eigenvalue weighted by Crippen LogP contribution is -2.33. The van der Waals surface area contributed by atoms with Gasteiger partial charge in [-0.25, -0.2) is 18.6 Å². The van der Waals surface area contributed by atoms with Crippen LogP contribution < -0.4 is 5.32 Å². The molecule has 0 spiro atoms. The Morgan fingerprint density at radius 1 is 1.07 bits per heavy atom. The average Bonchev–Trinajstić information content (AvgIpc) is 3.35. The molecular weight excluding hydrogens is 413 g/mol. The molecule has 1 amide bonds. The largest absolute Gasteiger partial charge is 0.490 e. The number of benzene rings is 1. The quantitative estimate of drug-likeness (QED) is 0.703. The molecule has 2 heterocycles. The van der Waals surface area contributed by atoms with Gasteiger partial charge in [0.05, 0.1) is 6.04 Å². The normalized spacial score (nSPS) is 27.6. The summed E-state index contributed by atoms with van der Waals surface area (Å²) in [5.41, 5.74) is 0.466. The van der Waals surface area contributed by atoms with E-state index in [0.717, 1.165) is 32.0 Å². The fourth-order valence-corrected chi connectivity index (χ4v) is 4.23. The second-order valence-corrected chi connectivity index (χ2v) is 7.58. The summed E-state index contributed by atoms with van der Waals surface area (Å²) in [4.78, 5) is 21.7. The molecule has 4 rings (SSSR count). The van der Waals surface area contributed by atoms with Crippen LogP contribution in [0.2, 0.25) is 0 Å². The van der Waals surface area contributed by atoms with Crippen LogP contribution in [0.5, 0.6) is 0 Å². The zero-order valence-electron chi connectivity index (χ0n) is 15.7. The molecule has 2 fully saturated rings. The summed E-state index contributed by atoms with van der Waals surface area (Å²) >= 11 is 0. The van der Waals surface area contributed by atoms with Gasteiger partial charge in [-0.05, 0) is 55.5 Å².